The second kappa shape index (κ2) is 8.33. The van der Waals surface area contributed by atoms with Crippen molar-refractivity contribution < 1.29 is 18.7 Å². The Bertz CT molecular complexity index is 529. The predicted octanol–water partition coefficient (Wildman–Crippen LogP) is 2.21. The van der Waals surface area contributed by atoms with Crippen molar-refractivity contribution in [2.24, 2.45) is 5.92 Å². The molecule has 6 nitrogen and oxygen atoms in total. The molecule has 2 fully saturated rings. The number of hydrogen-bond donors (Lipinski definition) is 1. The average Bonchev–Trinajstić information content (AvgIpc) is 3.16. The lowest BCUT2D eigenvalue weighted by molar-refractivity contribution is -0.122. The fourth-order valence-corrected chi connectivity index (χ4v) is 3.45. The van der Waals surface area contributed by atoms with Crippen LogP contribution in [-0.2, 0) is 9.53 Å². The van der Waals surface area contributed by atoms with Gasteiger partial charge in [0.1, 0.15) is 0 Å². The number of rotatable bonds is 5. The highest BCUT2D eigenvalue weighted by Gasteiger charge is 2.26. The van der Waals surface area contributed by atoms with Gasteiger partial charge in [-0.05, 0) is 50.2 Å². The quantitative estimate of drug-likeness (QED) is 0.896. The molecule has 0 spiro atoms. The van der Waals surface area contributed by atoms with E-state index < -0.39 is 0 Å². The fourth-order valence-electron chi connectivity index (χ4n) is 3.45. The number of nitrogens with one attached hydrogen (secondary N) is 1. The van der Waals surface area contributed by atoms with E-state index in [4.69, 9.17) is 9.15 Å². The summed E-state index contributed by atoms with van der Waals surface area (Å²) in [5.74, 6) is 0.961. The second-order valence-electron chi connectivity index (χ2n) is 6.73. The van der Waals surface area contributed by atoms with Crippen molar-refractivity contribution in [2.45, 2.75) is 44.6 Å². The minimum absolute atomic E-state index is 0.0675. The van der Waals surface area contributed by atoms with Crippen LogP contribution in [0.3, 0.4) is 0 Å². The number of nitrogens with zero attached hydrogens (tertiary/aromatic N) is 1. The van der Waals surface area contributed by atoms with E-state index in [2.05, 4.69) is 5.32 Å². The first-order valence-corrected chi connectivity index (χ1v) is 8.92. The van der Waals surface area contributed by atoms with Crippen molar-refractivity contribution in [1.29, 1.82) is 0 Å². The van der Waals surface area contributed by atoms with Gasteiger partial charge in [-0.1, -0.05) is 0 Å². The van der Waals surface area contributed by atoms with Gasteiger partial charge in [0.2, 0.25) is 5.91 Å². The van der Waals surface area contributed by atoms with Crippen molar-refractivity contribution >= 4 is 11.8 Å². The Morgan fingerprint density at radius 2 is 2.08 bits per heavy atom. The minimum Gasteiger partial charge on any atom is -0.459 e. The van der Waals surface area contributed by atoms with Crippen LogP contribution in [0, 0.1) is 5.92 Å². The lowest BCUT2D eigenvalue weighted by Gasteiger charge is -2.32. The molecule has 6 heteroatoms. The first-order valence-electron chi connectivity index (χ1n) is 8.92. The van der Waals surface area contributed by atoms with Gasteiger partial charge < -0.3 is 19.4 Å². The summed E-state index contributed by atoms with van der Waals surface area (Å²) in [6.45, 7) is 2.96. The molecule has 2 aliphatic heterocycles. The van der Waals surface area contributed by atoms with Gasteiger partial charge in [0.05, 0.1) is 6.26 Å². The molecular formula is C18H26N2O4. The van der Waals surface area contributed by atoms with Crippen molar-refractivity contribution in [3.8, 4) is 0 Å². The summed E-state index contributed by atoms with van der Waals surface area (Å²) in [6.07, 6.45) is 6.85. The van der Waals surface area contributed by atoms with E-state index in [1.807, 2.05) is 0 Å². The number of piperidine rings is 1. The Hall–Kier alpha value is -1.82. The number of carbonyl (C=O) groups is 2. The highest BCUT2D eigenvalue weighted by molar-refractivity contribution is 5.91. The molecule has 0 radical (unpaired) electrons. The number of amides is 2. The third kappa shape index (κ3) is 4.60. The highest BCUT2D eigenvalue weighted by Crippen LogP contribution is 2.19. The highest BCUT2D eigenvalue weighted by atomic mass is 16.5. The first-order chi connectivity index (χ1) is 11.7. The molecule has 1 atom stereocenters. The van der Waals surface area contributed by atoms with Crippen LogP contribution in [0.4, 0.5) is 0 Å². The molecule has 2 amide bonds. The summed E-state index contributed by atoms with van der Waals surface area (Å²) in [7, 11) is 0. The van der Waals surface area contributed by atoms with Gasteiger partial charge in [0.15, 0.2) is 5.76 Å². The maximum Gasteiger partial charge on any atom is 0.289 e. The predicted molar refractivity (Wildman–Crippen MR) is 88.6 cm³/mol. The molecule has 2 saturated heterocycles. The molecule has 2 aliphatic rings. The molecule has 3 heterocycles. The van der Waals surface area contributed by atoms with Crippen LogP contribution in [0.5, 0.6) is 0 Å². The maximum absolute atomic E-state index is 12.2. The lowest BCUT2D eigenvalue weighted by atomic mass is 9.96. The van der Waals surface area contributed by atoms with Crippen molar-refractivity contribution in [3.63, 3.8) is 0 Å². The molecule has 0 bridgehead atoms. The lowest BCUT2D eigenvalue weighted by Crippen LogP contribution is -2.46. The van der Waals surface area contributed by atoms with Gasteiger partial charge in [-0.2, -0.15) is 0 Å². The second-order valence-corrected chi connectivity index (χ2v) is 6.73. The van der Waals surface area contributed by atoms with E-state index in [9.17, 15) is 9.59 Å². The van der Waals surface area contributed by atoms with Crippen LogP contribution >= 0.6 is 0 Å². The Morgan fingerprint density at radius 3 is 2.75 bits per heavy atom. The van der Waals surface area contributed by atoms with E-state index in [1.54, 1.807) is 17.0 Å². The minimum atomic E-state index is -0.0675. The molecule has 1 N–H and O–H groups in total. The van der Waals surface area contributed by atoms with Crippen LogP contribution in [0.2, 0.25) is 0 Å². The van der Waals surface area contributed by atoms with Gasteiger partial charge in [-0.25, -0.2) is 0 Å². The summed E-state index contributed by atoms with van der Waals surface area (Å²) in [5.41, 5.74) is 0. The van der Waals surface area contributed by atoms with Gasteiger partial charge >= 0.3 is 0 Å². The van der Waals surface area contributed by atoms with E-state index in [0.29, 0.717) is 31.2 Å². The number of likely N-dealkylation sites (tertiary alicyclic amines) is 1. The Kier molecular flexibility index (Phi) is 5.91. The van der Waals surface area contributed by atoms with Crippen LogP contribution in [-0.4, -0.2) is 49.1 Å². The molecule has 0 aromatic carbocycles. The van der Waals surface area contributed by atoms with Crippen LogP contribution in [0.1, 0.15) is 49.1 Å². The number of furan rings is 1. The largest absolute Gasteiger partial charge is 0.459 e. The Labute approximate surface area is 142 Å². The van der Waals surface area contributed by atoms with Crippen LogP contribution in [0.25, 0.3) is 0 Å². The zero-order valence-electron chi connectivity index (χ0n) is 14.0. The fraction of sp³-hybridized carbons (Fsp3) is 0.667. The molecule has 132 valence electrons. The summed E-state index contributed by atoms with van der Waals surface area (Å²) in [5, 5.41) is 3.11. The molecule has 1 aromatic rings. The van der Waals surface area contributed by atoms with Gasteiger partial charge in [0.25, 0.3) is 5.91 Å². The van der Waals surface area contributed by atoms with E-state index in [0.717, 1.165) is 38.9 Å². The number of hydrogen-bond acceptors (Lipinski definition) is 4. The SMILES string of the molecule is O=C(CCC1CCCOC1)NC1CCN(C(=O)c2ccco2)CC1. The molecular weight excluding hydrogens is 308 g/mol. The molecule has 0 aliphatic carbocycles. The first kappa shape index (κ1) is 17.0. The molecule has 24 heavy (non-hydrogen) atoms. The zero-order valence-corrected chi connectivity index (χ0v) is 14.0. The van der Waals surface area contributed by atoms with Gasteiger partial charge in [-0.15, -0.1) is 0 Å². The third-order valence-electron chi connectivity index (χ3n) is 4.91. The summed E-state index contributed by atoms with van der Waals surface area (Å²) < 4.78 is 10.6. The van der Waals surface area contributed by atoms with Crippen molar-refractivity contribution in [2.75, 3.05) is 26.3 Å². The van der Waals surface area contributed by atoms with E-state index >= 15 is 0 Å². The normalized spacial score (nSPS) is 22.3. The zero-order chi connectivity index (χ0) is 16.8. The Balaban J connectivity index is 1.35. The van der Waals surface area contributed by atoms with E-state index in [-0.39, 0.29) is 17.9 Å². The van der Waals surface area contributed by atoms with Crippen LogP contribution < -0.4 is 5.32 Å². The van der Waals surface area contributed by atoms with Crippen molar-refractivity contribution in [1.82, 2.24) is 10.2 Å². The third-order valence-corrected chi connectivity index (χ3v) is 4.91. The molecule has 0 saturated carbocycles. The summed E-state index contributed by atoms with van der Waals surface area (Å²) in [6, 6.07) is 3.57. The van der Waals surface area contributed by atoms with Crippen molar-refractivity contribution in [3.05, 3.63) is 24.2 Å². The number of carbonyl (C=O) groups excluding carboxylic acids is 2. The summed E-state index contributed by atoms with van der Waals surface area (Å²) in [4.78, 5) is 26.1. The van der Waals surface area contributed by atoms with Gasteiger partial charge in [0, 0.05) is 38.8 Å². The van der Waals surface area contributed by atoms with E-state index in [1.165, 1.54) is 12.7 Å². The number of ether oxygens (including phenoxy) is 1. The summed E-state index contributed by atoms with van der Waals surface area (Å²) >= 11 is 0. The van der Waals surface area contributed by atoms with Crippen LogP contribution in [0.15, 0.2) is 22.8 Å². The maximum atomic E-state index is 12.2. The monoisotopic (exact) mass is 334 g/mol. The average molecular weight is 334 g/mol. The topological polar surface area (TPSA) is 71.8 Å². The van der Waals surface area contributed by atoms with Gasteiger partial charge in [-0.3, -0.25) is 9.59 Å². The standard InChI is InChI=1S/C18H26N2O4/c21-17(6-5-14-3-1-11-23-13-14)19-15-7-9-20(10-8-15)18(22)16-4-2-12-24-16/h2,4,12,14-15H,1,3,5-11,13H2,(H,19,21). The smallest absolute Gasteiger partial charge is 0.289 e. The molecule has 1 unspecified atom stereocenters. The Morgan fingerprint density at radius 1 is 1.25 bits per heavy atom. The molecule has 3 rings (SSSR count). The molecule has 1 aromatic heterocycles.